The van der Waals surface area contributed by atoms with E-state index in [0.717, 1.165) is 12.2 Å². The molecule has 0 fully saturated rings. The first-order valence-corrected chi connectivity index (χ1v) is 5.98. The van der Waals surface area contributed by atoms with Crippen molar-refractivity contribution in [3.63, 3.8) is 0 Å². The highest BCUT2D eigenvalue weighted by Crippen LogP contribution is 2.28. The molecular weight excluding hydrogens is 212 g/mol. The number of nitrogens with one attached hydrogen (secondary N) is 1. The van der Waals surface area contributed by atoms with E-state index < -0.39 is 0 Å². The molecule has 1 rings (SSSR count). The summed E-state index contributed by atoms with van der Waals surface area (Å²) in [5, 5.41) is 7.27. The lowest BCUT2D eigenvalue weighted by Gasteiger charge is -2.23. The summed E-state index contributed by atoms with van der Waals surface area (Å²) in [6, 6.07) is 8.02. The van der Waals surface area contributed by atoms with Crippen molar-refractivity contribution < 1.29 is 4.74 Å². The molecule has 17 heavy (non-hydrogen) atoms. The zero-order chi connectivity index (χ0) is 13.1. The van der Waals surface area contributed by atoms with Crippen molar-refractivity contribution in [2.24, 2.45) is 5.73 Å². The van der Waals surface area contributed by atoms with Crippen molar-refractivity contribution in [3.05, 3.63) is 29.8 Å². The largest absolute Gasteiger partial charge is 0.483 e. The molecule has 3 N–H and O–H groups in total. The molecule has 0 aliphatic carbocycles. The molecule has 0 heterocycles. The van der Waals surface area contributed by atoms with E-state index in [9.17, 15) is 0 Å². The Balaban J connectivity index is 2.78. The highest BCUT2D eigenvalue weighted by atomic mass is 16.5. The second-order valence-electron chi connectivity index (χ2n) is 4.98. The van der Waals surface area contributed by atoms with Gasteiger partial charge in [-0.25, -0.2) is 0 Å². The van der Waals surface area contributed by atoms with Gasteiger partial charge in [-0.2, -0.15) is 0 Å². The van der Waals surface area contributed by atoms with Gasteiger partial charge in [0.1, 0.15) is 11.6 Å². The molecule has 3 heteroatoms. The standard InChI is InChI=1S/C14H22N2O/c1-5-14(3,4)11-6-8-12(9-7-11)17-10(2)13(15)16/h6-10H,5H2,1-4H3,(H3,15,16). The van der Waals surface area contributed by atoms with Gasteiger partial charge in [-0.05, 0) is 36.5 Å². The van der Waals surface area contributed by atoms with Gasteiger partial charge >= 0.3 is 0 Å². The molecule has 0 saturated heterocycles. The molecule has 0 aromatic heterocycles. The molecule has 1 aromatic carbocycles. The minimum Gasteiger partial charge on any atom is -0.483 e. The van der Waals surface area contributed by atoms with E-state index in [4.69, 9.17) is 15.9 Å². The lowest BCUT2D eigenvalue weighted by Crippen LogP contribution is -2.30. The second kappa shape index (κ2) is 5.21. The van der Waals surface area contributed by atoms with Gasteiger partial charge in [0.15, 0.2) is 6.10 Å². The molecule has 0 bridgehead atoms. The summed E-state index contributed by atoms with van der Waals surface area (Å²) >= 11 is 0. The van der Waals surface area contributed by atoms with Gasteiger partial charge in [0.2, 0.25) is 0 Å². The van der Waals surface area contributed by atoms with Crippen molar-refractivity contribution in [1.29, 1.82) is 5.41 Å². The molecule has 0 aliphatic heterocycles. The van der Waals surface area contributed by atoms with Gasteiger partial charge in [0.05, 0.1) is 0 Å². The highest BCUT2D eigenvalue weighted by molar-refractivity contribution is 5.81. The van der Waals surface area contributed by atoms with Crippen molar-refractivity contribution in [2.45, 2.75) is 45.6 Å². The molecule has 1 aromatic rings. The normalized spacial score (nSPS) is 13.2. The summed E-state index contributed by atoms with van der Waals surface area (Å²) in [5.41, 5.74) is 6.84. The van der Waals surface area contributed by atoms with E-state index in [-0.39, 0.29) is 17.4 Å². The van der Waals surface area contributed by atoms with Crippen LogP contribution in [0.4, 0.5) is 0 Å². The van der Waals surface area contributed by atoms with E-state index in [1.165, 1.54) is 5.56 Å². The van der Waals surface area contributed by atoms with Crippen LogP contribution >= 0.6 is 0 Å². The van der Waals surface area contributed by atoms with Gasteiger partial charge in [-0.1, -0.05) is 32.9 Å². The third-order valence-electron chi connectivity index (χ3n) is 3.27. The van der Waals surface area contributed by atoms with Crippen LogP contribution in [-0.2, 0) is 5.41 Å². The fourth-order valence-electron chi connectivity index (χ4n) is 1.46. The molecule has 1 unspecified atom stereocenters. The lowest BCUT2D eigenvalue weighted by atomic mass is 9.82. The molecule has 0 aliphatic rings. The Hall–Kier alpha value is -1.51. The zero-order valence-corrected chi connectivity index (χ0v) is 11.1. The topological polar surface area (TPSA) is 59.1 Å². The van der Waals surface area contributed by atoms with E-state index >= 15 is 0 Å². The van der Waals surface area contributed by atoms with Crippen LogP contribution in [-0.4, -0.2) is 11.9 Å². The van der Waals surface area contributed by atoms with Crippen molar-refractivity contribution in [2.75, 3.05) is 0 Å². The van der Waals surface area contributed by atoms with Crippen LogP contribution in [0, 0.1) is 5.41 Å². The highest BCUT2D eigenvalue weighted by Gasteiger charge is 2.17. The summed E-state index contributed by atoms with van der Waals surface area (Å²) in [5.74, 6) is 0.798. The number of ether oxygens (including phenoxy) is 1. The summed E-state index contributed by atoms with van der Waals surface area (Å²) in [4.78, 5) is 0. The van der Waals surface area contributed by atoms with Crippen LogP contribution < -0.4 is 10.5 Å². The Kier molecular flexibility index (Phi) is 4.16. The molecule has 3 nitrogen and oxygen atoms in total. The van der Waals surface area contributed by atoms with Crippen molar-refractivity contribution >= 4 is 5.84 Å². The Morgan fingerprint density at radius 1 is 1.35 bits per heavy atom. The number of hydrogen-bond acceptors (Lipinski definition) is 2. The maximum atomic E-state index is 7.27. The maximum Gasteiger partial charge on any atom is 0.152 e. The smallest absolute Gasteiger partial charge is 0.152 e. The van der Waals surface area contributed by atoms with E-state index in [2.05, 4.69) is 32.9 Å². The monoisotopic (exact) mass is 234 g/mol. The molecule has 0 amide bonds. The summed E-state index contributed by atoms with van der Waals surface area (Å²) in [6.45, 7) is 8.40. The first kappa shape index (κ1) is 13.6. The predicted molar refractivity (Wildman–Crippen MR) is 71.8 cm³/mol. The molecule has 0 radical (unpaired) electrons. The van der Waals surface area contributed by atoms with Crippen LogP contribution in [0.1, 0.15) is 39.7 Å². The van der Waals surface area contributed by atoms with Crippen LogP contribution in [0.15, 0.2) is 24.3 Å². The zero-order valence-electron chi connectivity index (χ0n) is 11.1. The summed E-state index contributed by atoms with van der Waals surface area (Å²) in [6.07, 6.45) is 0.719. The Bertz CT molecular complexity index is 382. The molecule has 0 saturated carbocycles. The fraction of sp³-hybridized carbons (Fsp3) is 0.500. The average Bonchev–Trinajstić information content (AvgIpc) is 2.29. The van der Waals surface area contributed by atoms with Gasteiger partial charge in [-0.3, -0.25) is 5.41 Å². The van der Waals surface area contributed by atoms with Gasteiger partial charge in [-0.15, -0.1) is 0 Å². The fourth-order valence-corrected chi connectivity index (χ4v) is 1.46. The quantitative estimate of drug-likeness (QED) is 0.607. The Labute approximate surface area is 103 Å². The lowest BCUT2D eigenvalue weighted by molar-refractivity contribution is 0.284. The number of nitrogens with two attached hydrogens (primary N) is 1. The third kappa shape index (κ3) is 3.48. The third-order valence-corrected chi connectivity index (χ3v) is 3.27. The van der Waals surface area contributed by atoms with Crippen molar-refractivity contribution in [1.82, 2.24) is 0 Å². The molecular formula is C14H22N2O. The van der Waals surface area contributed by atoms with Crippen LogP contribution in [0.2, 0.25) is 0 Å². The number of benzene rings is 1. The predicted octanol–water partition coefficient (Wildman–Crippen LogP) is 3.08. The first-order chi connectivity index (χ1) is 7.86. The molecule has 94 valence electrons. The van der Waals surface area contributed by atoms with Crippen molar-refractivity contribution in [3.8, 4) is 5.75 Å². The van der Waals surface area contributed by atoms with Gasteiger partial charge in [0.25, 0.3) is 0 Å². The average molecular weight is 234 g/mol. The number of amidine groups is 1. The SMILES string of the molecule is CCC(C)(C)c1ccc(OC(C)C(=N)N)cc1. The van der Waals surface area contributed by atoms with E-state index in [1.54, 1.807) is 6.92 Å². The summed E-state index contributed by atoms with van der Waals surface area (Å²) in [7, 11) is 0. The first-order valence-electron chi connectivity index (χ1n) is 5.98. The summed E-state index contributed by atoms with van der Waals surface area (Å²) < 4.78 is 5.53. The number of rotatable bonds is 5. The number of hydrogen-bond donors (Lipinski definition) is 2. The minimum absolute atomic E-state index is 0.0444. The Morgan fingerprint density at radius 2 is 1.88 bits per heavy atom. The maximum absolute atomic E-state index is 7.27. The van der Waals surface area contributed by atoms with E-state index in [0.29, 0.717) is 0 Å². The molecule has 0 spiro atoms. The second-order valence-corrected chi connectivity index (χ2v) is 4.98. The minimum atomic E-state index is -0.375. The van der Waals surface area contributed by atoms with Crippen LogP contribution in [0.5, 0.6) is 5.75 Å². The van der Waals surface area contributed by atoms with Gasteiger partial charge < -0.3 is 10.5 Å². The molecule has 1 atom stereocenters. The van der Waals surface area contributed by atoms with Gasteiger partial charge in [0, 0.05) is 0 Å². The Morgan fingerprint density at radius 3 is 2.29 bits per heavy atom. The van der Waals surface area contributed by atoms with E-state index in [1.807, 2.05) is 12.1 Å². The van der Waals surface area contributed by atoms with Crippen LogP contribution in [0.3, 0.4) is 0 Å². The van der Waals surface area contributed by atoms with Crippen LogP contribution in [0.25, 0.3) is 0 Å².